The van der Waals surface area contributed by atoms with Gasteiger partial charge in [0.25, 0.3) is 5.91 Å². The number of halogens is 3. The van der Waals surface area contributed by atoms with Crippen LogP contribution >= 0.6 is 0 Å². The summed E-state index contributed by atoms with van der Waals surface area (Å²) in [5.74, 6) is -1.49. The smallest absolute Gasteiger partial charge is 0.373 e. The Balaban J connectivity index is 1.93. The number of carbonyl (C=O) groups is 1. The number of nitrogens with zero attached hydrogens (tertiary/aromatic N) is 2. The fourth-order valence-electron chi connectivity index (χ4n) is 3.66. The van der Waals surface area contributed by atoms with E-state index < -0.39 is 39.8 Å². The first-order valence-corrected chi connectivity index (χ1v) is 10.8. The molecule has 0 unspecified atom stereocenters. The van der Waals surface area contributed by atoms with Crippen molar-refractivity contribution in [2.75, 3.05) is 13.1 Å². The lowest BCUT2D eigenvalue weighted by Gasteiger charge is -2.45. The van der Waals surface area contributed by atoms with Crippen LogP contribution in [0.5, 0.6) is 0 Å². The molecule has 0 aliphatic carbocycles. The van der Waals surface area contributed by atoms with Gasteiger partial charge in [0.05, 0.1) is 4.90 Å². The van der Waals surface area contributed by atoms with E-state index in [1.54, 1.807) is 36.4 Å². The fraction of sp³-hybridized carbons (Fsp3) is 0.450. The normalized spacial score (nSPS) is 23.4. The summed E-state index contributed by atoms with van der Waals surface area (Å²) in [5.41, 5.74) is -3.54. The van der Waals surface area contributed by atoms with Gasteiger partial charge in [-0.2, -0.15) is 17.5 Å². The SMILES string of the molecule is C[C@@H]1CN(C(=O)[C@@](C)(O)C(F)(F)F)[C@@H](C)CN1S(=O)(=O)c1cccc2ccccc12. The number of hydrogen-bond donors (Lipinski definition) is 1. The molecule has 1 amide bonds. The third-order valence-corrected chi connectivity index (χ3v) is 7.53. The monoisotopic (exact) mass is 444 g/mol. The zero-order chi connectivity index (χ0) is 22.5. The number of rotatable bonds is 3. The summed E-state index contributed by atoms with van der Waals surface area (Å²) >= 11 is 0. The molecule has 2 aromatic rings. The van der Waals surface area contributed by atoms with Crippen LogP contribution < -0.4 is 0 Å². The Kier molecular flexibility index (Phi) is 5.63. The van der Waals surface area contributed by atoms with E-state index in [2.05, 4.69) is 0 Å². The summed E-state index contributed by atoms with van der Waals surface area (Å²) in [4.78, 5) is 13.4. The number of carbonyl (C=O) groups excluding carboxylic acids is 1. The van der Waals surface area contributed by atoms with Gasteiger partial charge in [-0.25, -0.2) is 8.42 Å². The van der Waals surface area contributed by atoms with Crippen molar-refractivity contribution in [1.29, 1.82) is 0 Å². The van der Waals surface area contributed by atoms with E-state index >= 15 is 0 Å². The number of benzene rings is 2. The zero-order valence-corrected chi connectivity index (χ0v) is 17.5. The van der Waals surface area contributed by atoms with Gasteiger partial charge in [-0.3, -0.25) is 4.79 Å². The van der Waals surface area contributed by atoms with Crippen LogP contribution in [0.1, 0.15) is 20.8 Å². The third-order valence-electron chi connectivity index (χ3n) is 5.49. The van der Waals surface area contributed by atoms with Gasteiger partial charge in [0.1, 0.15) is 0 Å². The minimum absolute atomic E-state index is 0.0988. The van der Waals surface area contributed by atoms with Gasteiger partial charge in [0.15, 0.2) is 0 Å². The van der Waals surface area contributed by atoms with Gasteiger partial charge in [-0.1, -0.05) is 36.4 Å². The van der Waals surface area contributed by atoms with Gasteiger partial charge < -0.3 is 10.0 Å². The standard InChI is InChI=1S/C20H23F3N2O4S/c1-13-12-25(14(2)11-24(13)18(26)19(3,27)20(21,22)23)30(28,29)17-10-6-8-15-7-4-5-9-16(15)17/h4-10,13-14,27H,11-12H2,1-3H3/t13-,14+,19+/m0/s1. The molecule has 6 nitrogen and oxygen atoms in total. The highest BCUT2D eigenvalue weighted by Gasteiger charge is 2.58. The summed E-state index contributed by atoms with van der Waals surface area (Å²) in [6.45, 7) is 2.94. The van der Waals surface area contributed by atoms with Crippen molar-refractivity contribution in [2.24, 2.45) is 0 Å². The van der Waals surface area contributed by atoms with Crippen LogP contribution in [0.15, 0.2) is 47.4 Å². The molecule has 164 valence electrons. The second-order valence-electron chi connectivity index (χ2n) is 7.78. The van der Waals surface area contributed by atoms with Crippen LogP contribution in [0.2, 0.25) is 0 Å². The molecule has 3 rings (SSSR count). The number of piperazine rings is 1. The molecule has 30 heavy (non-hydrogen) atoms. The molecule has 1 aliphatic rings. The second-order valence-corrected chi connectivity index (χ2v) is 9.64. The molecule has 10 heteroatoms. The number of hydrogen-bond acceptors (Lipinski definition) is 4. The number of aliphatic hydroxyl groups is 1. The van der Waals surface area contributed by atoms with Crippen molar-refractivity contribution >= 4 is 26.7 Å². The number of alkyl halides is 3. The van der Waals surface area contributed by atoms with E-state index in [-0.39, 0.29) is 18.0 Å². The molecule has 0 bridgehead atoms. The Morgan fingerprint density at radius 2 is 1.63 bits per heavy atom. The zero-order valence-electron chi connectivity index (χ0n) is 16.7. The van der Waals surface area contributed by atoms with Gasteiger partial charge >= 0.3 is 6.18 Å². The molecule has 1 saturated heterocycles. The van der Waals surface area contributed by atoms with E-state index in [1.165, 1.54) is 24.2 Å². The summed E-state index contributed by atoms with van der Waals surface area (Å²) < 4.78 is 67.3. The molecule has 1 heterocycles. The molecule has 1 aliphatic heterocycles. The Morgan fingerprint density at radius 1 is 1.03 bits per heavy atom. The summed E-state index contributed by atoms with van der Waals surface area (Å²) in [6, 6.07) is 10.3. The summed E-state index contributed by atoms with van der Waals surface area (Å²) in [5, 5.41) is 11.0. The minimum Gasteiger partial charge on any atom is -0.373 e. The van der Waals surface area contributed by atoms with Crippen molar-refractivity contribution in [1.82, 2.24) is 9.21 Å². The quantitative estimate of drug-likeness (QED) is 0.790. The summed E-state index contributed by atoms with van der Waals surface area (Å²) in [6.07, 6.45) is -5.14. The van der Waals surface area contributed by atoms with Gasteiger partial charge in [0.2, 0.25) is 15.6 Å². The molecule has 0 radical (unpaired) electrons. The molecular weight excluding hydrogens is 421 g/mol. The predicted molar refractivity (Wildman–Crippen MR) is 105 cm³/mol. The van der Waals surface area contributed by atoms with E-state index in [1.807, 2.05) is 0 Å². The Morgan fingerprint density at radius 3 is 2.27 bits per heavy atom. The van der Waals surface area contributed by atoms with Gasteiger partial charge in [-0.15, -0.1) is 0 Å². The van der Waals surface area contributed by atoms with E-state index in [9.17, 15) is 31.5 Å². The molecule has 0 saturated carbocycles. The largest absolute Gasteiger partial charge is 0.426 e. The number of fused-ring (bicyclic) bond motifs is 1. The molecule has 0 aromatic heterocycles. The van der Waals surface area contributed by atoms with E-state index in [4.69, 9.17) is 0 Å². The lowest BCUT2D eigenvalue weighted by molar-refractivity contribution is -0.251. The number of amides is 1. The van der Waals surface area contributed by atoms with Crippen molar-refractivity contribution in [3.8, 4) is 0 Å². The maximum absolute atomic E-state index is 13.4. The molecule has 0 spiro atoms. The molecule has 2 aromatic carbocycles. The Bertz CT molecular complexity index is 1060. The van der Waals surface area contributed by atoms with Crippen molar-refractivity contribution in [3.05, 3.63) is 42.5 Å². The van der Waals surface area contributed by atoms with Crippen molar-refractivity contribution in [3.63, 3.8) is 0 Å². The average molecular weight is 444 g/mol. The second kappa shape index (κ2) is 7.51. The van der Waals surface area contributed by atoms with E-state index in [0.29, 0.717) is 12.3 Å². The van der Waals surface area contributed by atoms with Gasteiger partial charge in [0, 0.05) is 30.6 Å². The fourth-order valence-corrected chi connectivity index (χ4v) is 5.58. The number of sulfonamides is 1. The lowest BCUT2D eigenvalue weighted by atomic mass is 10.0. The maximum atomic E-state index is 13.4. The van der Waals surface area contributed by atoms with Crippen LogP contribution in [0.25, 0.3) is 10.8 Å². The van der Waals surface area contributed by atoms with Crippen LogP contribution in [0.3, 0.4) is 0 Å². The highest BCUT2D eigenvalue weighted by atomic mass is 32.2. The van der Waals surface area contributed by atoms with Gasteiger partial charge in [-0.05, 0) is 32.2 Å². The topological polar surface area (TPSA) is 77.9 Å². The maximum Gasteiger partial charge on any atom is 0.426 e. The first-order valence-electron chi connectivity index (χ1n) is 9.38. The molecule has 1 fully saturated rings. The Hall–Kier alpha value is -2.17. The lowest BCUT2D eigenvalue weighted by Crippen LogP contribution is -2.65. The van der Waals surface area contributed by atoms with Crippen molar-refractivity contribution < 1.29 is 31.5 Å². The van der Waals surface area contributed by atoms with Crippen LogP contribution in [0, 0.1) is 0 Å². The molecule has 1 N–H and O–H groups in total. The van der Waals surface area contributed by atoms with Crippen molar-refractivity contribution in [2.45, 2.75) is 49.5 Å². The predicted octanol–water partition coefficient (Wildman–Crippen LogP) is 2.76. The van der Waals surface area contributed by atoms with Crippen LogP contribution in [0.4, 0.5) is 13.2 Å². The first kappa shape index (κ1) is 22.5. The first-order chi connectivity index (χ1) is 13.8. The Labute approximate surface area is 172 Å². The average Bonchev–Trinajstić information content (AvgIpc) is 2.67. The summed E-state index contributed by atoms with van der Waals surface area (Å²) in [7, 11) is -3.97. The molecular formula is C20H23F3N2O4S. The third kappa shape index (κ3) is 3.67. The minimum atomic E-state index is -5.14. The van der Waals surface area contributed by atoms with Crippen LogP contribution in [-0.4, -0.2) is 65.6 Å². The van der Waals surface area contributed by atoms with Crippen LogP contribution in [-0.2, 0) is 14.8 Å². The highest BCUT2D eigenvalue weighted by molar-refractivity contribution is 7.89. The van der Waals surface area contributed by atoms with E-state index in [0.717, 1.165) is 10.3 Å². The molecule has 3 atom stereocenters. The highest BCUT2D eigenvalue weighted by Crippen LogP contribution is 2.34.